The molecule has 4 heteroatoms. The molecule has 1 aliphatic heterocycles. The van der Waals surface area contributed by atoms with E-state index in [9.17, 15) is 5.26 Å². The molecule has 0 amide bonds. The van der Waals surface area contributed by atoms with Crippen LogP contribution in [0.4, 0.5) is 0 Å². The molecule has 114 valence electrons. The normalized spacial score (nSPS) is 25.5. The minimum Gasteiger partial charge on any atom is -0.244 e. The zero-order valence-electron chi connectivity index (χ0n) is 13.2. The minimum atomic E-state index is 0.262. The van der Waals surface area contributed by atoms with Crippen LogP contribution < -0.4 is 0 Å². The molecule has 22 heavy (non-hydrogen) atoms. The maximum atomic E-state index is 9.59. The predicted octanol–water partition coefficient (Wildman–Crippen LogP) is 5.27. The van der Waals surface area contributed by atoms with Crippen molar-refractivity contribution in [2.45, 2.75) is 40.0 Å². The Labute approximate surface area is 141 Å². The fourth-order valence-corrected chi connectivity index (χ4v) is 4.66. The van der Waals surface area contributed by atoms with E-state index in [4.69, 9.17) is 12.2 Å². The zero-order chi connectivity index (χ0) is 15.9. The van der Waals surface area contributed by atoms with Crippen molar-refractivity contribution in [3.05, 3.63) is 28.0 Å². The monoisotopic (exact) mass is 328 g/mol. The Morgan fingerprint density at radius 3 is 2.77 bits per heavy atom. The van der Waals surface area contributed by atoms with Crippen molar-refractivity contribution in [1.29, 1.82) is 5.26 Å². The van der Waals surface area contributed by atoms with E-state index in [1.807, 2.05) is 6.07 Å². The van der Waals surface area contributed by atoms with Crippen LogP contribution in [0.15, 0.2) is 28.1 Å². The van der Waals surface area contributed by atoms with Crippen LogP contribution in [-0.4, -0.2) is 10.7 Å². The molecule has 1 aromatic rings. The highest BCUT2D eigenvalue weighted by molar-refractivity contribution is 7.80. The van der Waals surface area contributed by atoms with Gasteiger partial charge in [-0.15, -0.1) is 11.3 Å². The van der Waals surface area contributed by atoms with Crippen molar-refractivity contribution < 1.29 is 0 Å². The third-order valence-electron chi connectivity index (χ3n) is 4.87. The SMILES string of the molecule is CC(C)(C)C1CCC2=NC(=S)C(C#N)=C(c3cccs3)C2C1. The molecule has 2 heterocycles. The van der Waals surface area contributed by atoms with E-state index in [-0.39, 0.29) is 11.3 Å². The van der Waals surface area contributed by atoms with Crippen molar-refractivity contribution >= 4 is 39.8 Å². The van der Waals surface area contributed by atoms with Gasteiger partial charge in [0.2, 0.25) is 0 Å². The minimum absolute atomic E-state index is 0.262. The molecule has 0 N–H and O–H groups in total. The lowest BCUT2D eigenvalue weighted by Gasteiger charge is -2.40. The van der Waals surface area contributed by atoms with E-state index in [0.29, 0.717) is 16.5 Å². The van der Waals surface area contributed by atoms with Gasteiger partial charge in [-0.05, 0) is 47.6 Å². The van der Waals surface area contributed by atoms with Gasteiger partial charge in [0.15, 0.2) is 0 Å². The molecule has 2 atom stereocenters. The predicted molar refractivity (Wildman–Crippen MR) is 97.2 cm³/mol. The lowest BCUT2D eigenvalue weighted by atomic mass is 9.65. The summed E-state index contributed by atoms with van der Waals surface area (Å²) in [7, 11) is 0. The van der Waals surface area contributed by atoms with E-state index >= 15 is 0 Å². The summed E-state index contributed by atoms with van der Waals surface area (Å²) in [5.41, 5.74) is 3.21. The summed E-state index contributed by atoms with van der Waals surface area (Å²) < 4.78 is 0. The van der Waals surface area contributed by atoms with Gasteiger partial charge in [0.1, 0.15) is 11.1 Å². The van der Waals surface area contributed by atoms with Crippen LogP contribution >= 0.6 is 23.6 Å². The highest BCUT2D eigenvalue weighted by Crippen LogP contribution is 2.46. The summed E-state index contributed by atoms with van der Waals surface area (Å²) in [6.45, 7) is 6.94. The molecule has 1 aromatic heterocycles. The Bertz CT molecular complexity index is 696. The van der Waals surface area contributed by atoms with Gasteiger partial charge in [-0.25, -0.2) is 4.99 Å². The fraction of sp³-hybridized carbons (Fsp3) is 0.500. The lowest BCUT2D eigenvalue weighted by Crippen LogP contribution is -2.35. The first kappa shape index (κ1) is 15.6. The number of nitriles is 1. The molecule has 2 aliphatic rings. The molecule has 0 saturated heterocycles. The standard InChI is InChI=1S/C18H20N2S2/c1-18(2,3)11-6-7-14-12(9-11)16(15-5-4-8-22-15)13(10-19)17(21)20-14/h4-5,8,11-12H,6-7,9H2,1-3H3. The number of aliphatic imine (C=N–C) groups is 1. The van der Waals surface area contributed by atoms with Crippen LogP contribution in [0.1, 0.15) is 44.9 Å². The topological polar surface area (TPSA) is 36.1 Å². The Morgan fingerprint density at radius 1 is 1.41 bits per heavy atom. The van der Waals surface area contributed by atoms with Crippen molar-refractivity contribution in [2.75, 3.05) is 0 Å². The average molecular weight is 329 g/mol. The summed E-state index contributed by atoms with van der Waals surface area (Å²) in [6, 6.07) is 6.46. The molecule has 3 rings (SSSR count). The van der Waals surface area contributed by atoms with Gasteiger partial charge >= 0.3 is 0 Å². The van der Waals surface area contributed by atoms with Crippen LogP contribution in [-0.2, 0) is 0 Å². The van der Waals surface area contributed by atoms with Crippen LogP contribution in [0, 0.1) is 28.6 Å². The van der Waals surface area contributed by atoms with Crippen LogP contribution in [0.25, 0.3) is 5.57 Å². The van der Waals surface area contributed by atoms with Crippen molar-refractivity contribution in [3.8, 4) is 6.07 Å². The second-order valence-electron chi connectivity index (χ2n) is 7.18. The summed E-state index contributed by atoms with van der Waals surface area (Å²) in [5, 5.41) is 11.7. The zero-order valence-corrected chi connectivity index (χ0v) is 14.9. The largest absolute Gasteiger partial charge is 0.244 e. The second kappa shape index (κ2) is 5.72. The van der Waals surface area contributed by atoms with Gasteiger partial charge in [-0.3, -0.25) is 0 Å². The number of dihydropyridines is 1. The van der Waals surface area contributed by atoms with Gasteiger partial charge in [-0.1, -0.05) is 39.1 Å². The molecule has 0 aromatic carbocycles. The molecule has 2 unspecified atom stereocenters. The number of nitrogens with zero attached hydrogens (tertiary/aromatic N) is 2. The van der Waals surface area contributed by atoms with E-state index in [1.165, 1.54) is 17.0 Å². The second-order valence-corrected chi connectivity index (χ2v) is 8.51. The van der Waals surface area contributed by atoms with Gasteiger partial charge in [-0.2, -0.15) is 5.26 Å². The van der Waals surface area contributed by atoms with Gasteiger partial charge in [0, 0.05) is 16.5 Å². The fourth-order valence-electron chi connectivity index (χ4n) is 3.55. The number of hydrogen-bond acceptors (Lipinski definition) is 3. The number of thiocarbonyl (C=S) groups is 1. The Kier molecular flexibility index (Phi) is 4.05. The molecule has 0 bridgehead atoms. The van der Waals surface area contributed by atoms with E-state index in [2.05, 4.69) is 43.3 Å². The van der Waals surface area contributed by atoms with Gasteiger partial charge in [0.05, 0.1) is 5.57 Å². The van der Waals surface area contributed by atoms with Crippen LogP contribution in [0.3, 0.4) is 0 Å². The van der Waals surface area contributed by atoms with Gasteiger partial charge in [0.25, 0.3) is 0 Å². The molecule has 2 nitrogen and oxygen atoms in total. The summed E-state index contributed by atoms with van der Waals surface area (Å²) in [6.07, 6.45) is 3.24. The highest BCUT2D eigenvalue weighted by atomic mass is 32.1. The molecular weight excluding hydrogens is 308 g/mol. The molecule has 0 spiro atoms. The van der Waals surface area contributed by atoms with E-state index in [0.717, 1.165) is 18.4 Å². The summed E-state index contributed by atoms with van der Waals surface area (Å²) in [4.78, 5) is 6.26. The molecule has 1 fully saturated rings. The molecule has 0 radical (unpaired) electrons. The van der Waals surface area contributed by atoms with Crippen molar-refractivity contribution in [1.82, 2.24) is 0 Å². The molecule has 1 aliphatic carbocycles. The highest BCUT2D eigenvalue weighted by Gasteiger charge is 2.39. The maximum absolute atomic E-state index is 9.59. The summed E-state index contributed by atoms with van der Waals surface area (Å²) in [5.74, 6) is 0.913. The van der Waals surface area contributed by atoms with Crippen molar-refractivity contribution in [2.24, 2.45) is 22.2 Å². The van der Waals surface area contributed by atoms with Gasteiger partial charge < -0.3 is 0 Å². The lowest BCUT2D eigenvalue weighted by molar-refractivity contribution is 0.197. The number of rotatable bonds is 1. The van der Waals surface area contributed by atoms with E-state index in [1.54, 1.807) is 11.3 Å². The average Bonchev–Trinajstić information content (AvgIpc) is 2.98. The van der Waals surface area contributed by atoms with E-state index < -0.39 is 0 Å². The Balaban J connectivity index is 2.07. The molecular formula is C18H20N2S2. The first-order valence-electron chi connectivity index (χ1n) is 7.71. The number of hydrogen-bond donors (Lipinski definition) is 0. The summed E-state index contributed by atoms with van der Waals surface area (Å²) >= 11 is 7.08. The first-order valence-corrected chi connectivity index (χ1v) is 9.00. The van der Waals surface area contributed by atoms with Crippen LogP contribution in [0.2, 0.25) is 0 Å². The molecule has 1 saturated carbocycles. The smallest absolute Gasteiger partial charge is 0.144 e. The number of allylic oxidation sites excluding steroid dienone is 1. The number of thiophene rings is 1. The Hall–Kier alpha value is -1.31. The Morgan fingerprint density at radius 2 is 2.18 bits per heavy atom. The number of fused-ring (bicyclic) bond motifs is 1. The maximum Gasteiger partial charge on any atom is 0.144 e. The van der Waals surface area contributed by atoms with Crippen molar-refractivity contribution in [3.63, 3.8) is 0 Å². The third-order valence-corrected chi connectivity index (χ3v) is 6.07. The first-order chi connectivity index (χ1) is 10.4. The third kappa shape index (κ3) is 2.68. The quantitative estimate of drug-likeness (QED) is 0.658. The van der Waals surface area contributed by atoms with Crippen LogP contribution in [0.5, 0.6) is 0 Å².